The molecule has 0 saturated heterocycles. The zero-order valence-electron chi connectivity index (χ0n) is 9.39. The van der Waals surface area contributed by atoms with E-state index >= 15 is 0 Å². The topological polar surface area (TPSA) is 12.0 Å². The van der Waals surface area contributed by atoms with E-state index in [1.54, 1.807) is 0 Å². The van der Waals surface area contributed by atoms with E-state index in [4.69, 9.17) is 23.2 Å². The molecule has 2 unspecified atom stereocenters. The van der Waals surface area contributed by atoms with E-state index in [-0.39, 0.29) is 0 Å². The fourth-order valence-electron chi connectivity index (χ4n) is 2.20. The zero-order valence-corrected chi connectivity index (χ0v) is 11.7. The van der Waals surface area contributed by atoms with Gasteiger partial charge in [0.05, 0.1) is 5.02 Å². The number of hydrogen-bond donors (Lipinski definition) is 1. The van der Waals surface area contributed by atoms with Crippen molar-refractivity contribution >= 4 is 35.0 Å². The van der Waals surface area contributed by atoms with E-state index in [2.05, 4.69) is 12.2 Å². The van der Waals surface area contributed by atoms with E-state index in [1.807, 2.05) is 30.9 Å². The lowest BCUT2D eigenvalue weighted by Gasteiger charge is -2.18. The van der Waals surface area contributed by atoms with Crippen LogP contribution < -0.4 is 5.32 Å². The Bertz CT molecular complexity index is 395. The molecule has 4 heteroatoms. The second-order valence-corrected chi connectivity index (χ2v) is 6.05. The lowest BCUT2D eigenvalue weighted by molar-refractivity contribution is 0.544. The molecule has 1 aliphatic rings. The first-order valence-electron chi connectivity index (χ1n) is 5.50. The van der Waals surface area contributed by atoms with Gasteiger partial charge in [0, 0.05) is 26.8 Å². The summed E-state index contributed by atoms with van der Waals surface area (Å²) >= 11 is 14.3. The third kappa shape index (κ3) is 2.08. The van der Waals surface area contributed by atoms with Gasteiger partial charge in [-0.1, -0.05) is 36.5 Å². The molecule has 0 fully saturated rings. The van der Waals surface area contributed by atoms with Gasteiger partial charge >= 0.3 is 0 Å². The quantitative estimate of drug-likeness (QED) is 0.870. The summed E-state index contributed by atoms with van der Waals surface area (Å²) in [4.78, 5) is 1.16. The second kappa shape index (κ2) is 5.18. The Kier molecular flexibility index (Phi) is 4.06. The summed E-state index contributed by atoms with van der Waals surface area (Å²) in [5.74, 6) is 0. The Morgan fingerprint density at radius 1 is 1.31 bits per heavy atom. The molecular formula is C12H15Cl2NS. The highest BCUT2D eigenvalue weighted by molar-refractivity contribution is 8.00. The van der Waals surface area contributed by atoms with Gasteiger partial charge in [-0.15, -0.1) is 11.8 Å². The summed E-state index contributed by atoms with van der Waals surface area (Å²) < 4.78 is 0. The normalized spacial score (nSPS) is 23.5. The van der Waals surface area contributed by atoms with Gasteiger partial charge in [-0.3, -0.25) is 0 Å². The Morgan fingerprint density at radius 3 is 2.62 bits per heavy atom. The molecule has 0 aliphatic carbocycles. The lowest BCUT2D eigenvalue weighted by Crippen LogP contribution is -2.23. The minimum atomic E-state index is 0.325. The first-order chi connectivity index (χ1) is 7.69. The van der Waals surface area contributed by atoms with Crippen LogP contribution in [0.15, 0.2) is 17.0 Å². The molecule has 1 nitrogen and oxygen atoms in total. The molecule has 2 atom stereocenters. The first-order valence-corrected chi connectivity index (χ1v) is 7.14. The zero-order chi connectivity index (χ0) is 11.7. The summed E-state index contributed by atoms with van der Waals surface area (Å²) in [6.45, 7) is 2.21. The molecule has 1 aliphatic heterocycles. The van der Waals surface area contributed by atoms with Crippen molar-refractivity contribution in [2.24, 2.45) is 0 Å². The molecule has 0 radical (unpaired) electrons. The second-order valence-electron chi connectivity index (χ2n) is 3.98. The number of thioether (sulfide) groups is 1. The summed E-state index contributed by atoms with van der Waals surface area (Å²) in [5, 5.41) is 5.55. The fourth-order valence-corrected chi connectivity index (χ4v) is 4.44. The summed E-state index contributed by atoms with van der Waals surface area (Å²) in [6.07, 6.45) is 2.36. The highest BCUT2D eigenvalue weighted by atomic mass is 35.5. The number of halogens is 2. The van der Waals surface area contributed by atoms with Crippen molar-refractivity contribution in [1.29, 1.82) is 0 Å². The molecule has 16 heavy (non-hydrogen) atoms. The first kappa shape index (κ1) is 12.6. The van der Waals surface area contributed by atoms with Gasteiger partial charge < -0.3 is 5.32 Å². The molecular weight excluding hydrogens is 261 g/mol. The average Bonchev–Trinajstić information content (AvgIpc) is 2.64. The van der Waals surface area contributed by atoms with Crippen LogP contribution in [0.3, 0.4) is 0 Å². The Labute approximate surface area is 111 Å². The molecule has 0 bridgehead atoms. The fraction of sp³-hybridized carbons (Fsp3) is 0.500. The molecule has 1 aromatic carbocycles. The van der Waals surface area contributed by atoms with Crippen LogP contribution in [0.5, 0.6) is 0 Å². The number of fused-ring (bicyclic) bond motifs is 1. The Hall–Kier alpha value is 0.110. The van der Waals surface area contributed by atoms with Gasteiger partial charge in [-0.25, -0.2) is 0 Å². The summed E-state index contributed by atoms with van der Waals surface area (Å²) in [6, 6.07) is 4.10. The van der Waals surface area contributed by atoms with Crippen molar-refractivity contribution in [2.45, 2.75) is 36.0 Å². The average molecular weight is 276 g/mol. The van der Waals surface area contributed by atoms with E-state index in [9.17, 15) is 0 Å². The van der Waals surface area contributed by atoms with Crippen LogP contribution in [0.1, 0.15) is 31.4 Å². The summed E-state index contributed by atoms with van der Waals surface area (Å²) in [7, 11) is 1.99. The van der Waals surface area contributed by atoms with E-state index in [1.165, 1.54) is 18.4 Å². The van der Waals surface area contributed by atoms with Crippen molar-refractivity contribution in [1.82, 2.24) is 5.32 Å². The van der Waals surface area contributed by atoms with Crippen LogP contribution in [0.4, 0.5) is 0 Å². The van der Waals surface area contributed by atoms with Crippen molar-refractivity contribution in [3.8, 4) is 0 Å². The third-order valence-corrected chi connectivity index (χ3v) is 5.17. The maximum absolute atomic E-state index is 6.27. The largest absolute Gasteiger partial charge is 0.312 e. The minimum Gasteiger partial charge on any atom is -0.312 e. The minimum absolute atomic E-state index is 0.325. The van der Waals surface area contributed by atoms with E-state index in [0.717, 1.165) is 14.9 Å². The molecule has 2 rings (SSSR count). The SMILES string of the molecule is CCCC1Sc2c(Cl)ccc(Cl)c2C1NC. The van der Waals surface area contributed by atoms with Crippen LogP contribution >= 0.6 is 35.0 Å². The molecule has 1 aromatic rings. The smallest absolute Gasteiger partial charge is 0.0546 e. The van der Waals surface area contributed by atoms with Crippen molar-refractivity contribution < 1.29 is 0 Å². The maximum Gasteiger partial charge on any atom is 0.0546 e. The number of hydrogen-bond acceptors (Lipinski definition) is 2. The van der Waals surface area contributed by atoms with Gasteiger partial charge in [0.25, 0.3) is 0 Å². The van der Waals surface area contributed by atoms with Crippen LogP contribution in [0.2, 0.25) is 10.0 Å². The van der Waals surface area contributed by atoms with Crippen molar-refractivity contribution in [2.75, 3.05) is 7.05 Å². The van der Waals surface area contributed by atoms with Gasteiger partial charge in [0.2, 0.25) is 0 Å². The molecule has 1 N–H and O–H groups in total. The lowest BCUT2D eigenvalue weighted by atomic mass is 10.0. The highest BCUT2D eigenvalue weighted by Gasteiger charge is 2.34. The molecule has 0 saturated carbocycles. The van der Waals surface area contributed by atoms with E-state index < -0.39 is 0 Å². The van der Waals surface area contributed by atoms with Crippen LogP contribution in [0, 0.1) is 0 Å². The number of nitrogens with one attached hydrogen (secondary N) is 1. The van der Waals surface area contributed by atoms with Gasteiger partial charge in [-0.2, -0.15) is 0 Å². The summed E-state index contributed by atoms with van der Waals surface area (Å²) in [5.41, 5.74) is 1.18. The molecule has 0 spiro atoms. The van der Waals surface area contributed by atoms with Gasteiger partial charge in [0.15, 0.2) is 0 Å². The van der Waals surface area contributed by atoms with Crippen molar-refractivity contribution in [3.63, 3.8) is 0 Å². The highest BCUT2D eigenvalue weighted by Crippen LogP contribution is 2.51. The third-order valence-electron chi connectivity index (χ3n) is 2.93. The Morgan fingerprint density at radius 2 is 2.00 bits per heavy atom. The predicted octanol–water partition coefficient (Wildman–Crippen LogP) is 4.53. The van der Waals surface area contributed by atoms with Crippen LogP contribution in [-0.2, 0) is 0 Å². The standard InChI is InChI=1S/C12H15Cl2NS/c1-3-4-9-11(15-2)10-7(13)5-6-8(14)12(10)16-9/h5-6,9,11,15H,3-4H2,1-2H3. The maximum atomic E-state index is 6.27. The predicted molar refractivity (Wildman–Crippen MR) is 72.8 cm³/mol. The molecule has 1 heterocycles. The van der Waals surface area contributed by atoms with Crippen LogP contribution in [0.25, 0.3) is 0 Å². The number of rotatable bonds is 3. The van der Waals surface area contributed by atoms with Crippen molar-refractivity contribution in [3.05, 3.63) is 27.7 Å². The number of benzene rings is 1. The van der Waals surface area contributed by atoms with Crippen LogP contribution in [-0.4, -0.2) is 12.3 Å². The van der Waals surface area contributed by atoms with Gasteiger partial charge in [0.1, 0.15) is 0 Å². The van der Waals surface area contributed by atoms with E-state index in [0.29, 0.717) is 11.3 Å². The molecule has 88 valence electrons. The Balaban J connectivity index is 2.42. The monoisotopic (exact) mass is 275 g/mol. The van der Waals surface area contributed by atoms with Gasteiger partial charge in [-0.05, 0) is 25.6 Å². The molecule has 0 aromatic heterocycles. The molecule has 0 amide bonds.